The third kappa shape index (κ3) is 2.12. The zero-order valence-corrected chi connectivity index (χ0v) is 11.3. The monoisotopic (exact) mass is 264 g/mol. The van der Waals surface area contributed by atoms with E-state index < -0.39 is 5.54 Å². The molecule has 1 unspecified atom stereocenters. The highest BCUT2D eigenvalue weighted by molar-refractivity contribution is 5.88. The van der Waals surface area contributed by atoms with Crippen molar-refractivity contribution in [2.45, 2.75) is 12.5 Å². The van der Waals surface area contributed by atoms with E-state index in [0.29, 0.717) is 0 Å². The Labute approximate surface area is 118 Å². The number of rotatable bonds is 2. The maximum atomic E-state index is 11.4. The third-order valence-electron chi connectivity index (χ3n) is 3.60. The molecule has 0 saturated heterocycles. The number of carbonyl (C=O) groups excluding carboxylic acids is 1. The fraction of sp³-hybridized carbons (Fsp3) is 0.118. The average molecular weight is 264 g/mol. The van der Waals surface area contributed by atoms with Crippen LogP contribution >= 0.6 is 0 Å². The summed E-state index contributed by atoms with van der Waals surface area (Å²) in [5.41, 5.74) is 8.71. The number of nitrogens with one attached hydrogen (secondary N) is 2. The second kappa shape index (κ2) is 4.94. The van der Waals surface area contributed by atoms with Crippen LogP contribution in [0.4, 0.5) is 0 Å². The quantitative estimate of drug-likeness (QED) is 0.874. The van der Waals surface area contributed by atoms with Crippen LogP contribution in [0, 0.1) is 6.92 Å². The fourth-order valence-corrected chi connectivity index (χ4v) is 2.47. The summed E-state index contributed by atoms with van der Waals surface area (Å²) in [6, 6.07) is 18.4. The van der Waals surface area contributed by atoms with Crippen molar-refractivity contribution in [3.05, 3.63) is 83.4 Å². The number of carbonyl (C=O) groups is 1. The van der Waals surface area contributed by atoms with Crippen LogP contribution in [-0.2, 0) is 10.3 Å². The maximum Gasteiger partial charge on any atom is 0.257 e. The van der Waals surface area contributed by atoms with Crippen molar-refractivity contribution in [1.82, 2.24) is 10.9 Å². The van der Waals surface area contributed by atoms with Gasteiger partial charge in [0.1, 0.15) is 5.54 Å². The molecule has 0 radical (unpaired) electrons. The van der Waals surface area contributed by atoms with Gasteiger partial charge in [0.15, 0.2) is 0 Å². The molecule has 3 rings (SSSR count). The molecule has 20 heavy (non-hydrogen) atoms. The van der Waals surface area contributed by atoms with Crippen molar-refractivity contribution in [3.63, 3.8) is 0 Å². The molecule has 3 nitrogen and oxygen atoms in total. The molecular weight excluding hydrogens is 248 g/mol. The van der Waals surface area contributed by atoms with Gasteiger partial charge in [0.05, 0.1) is 0 Å². The minimum atomic E-state index is -0.525. The number of benzene rings is 2. The van der Waals surface area contributed by atoms with Crippen LogP contribution < -0.4 is 10.9 Å². The van der Waals surface area contributed by atoms with E-state index in [1.54, 1.807) is 6.08 Å². The summed E-state index contributed by atoms with van der Waals surface area (Å²) in [6.45, 7) is 2.06. The minimum absolute atomic E-state index is 0.135. The molecule has 1 aliphatic rings. The number of amides is 1. The molecule has 1 amide bonds. The molecular formula is C17H16N2O. The fourth-order valence-electron chi connectivity index (χ4n) is 2.47. The molecule has 1 heterocycles. The molecule has 1 atom stereocenters. The van der Waals surface area contributed by atoms with Gasteiger partial charge in [0, 0.05) is 6.08 Å². The van der Waals surface area contributed by atoms with E-state index in [9.17, 15) is 4.79 Å². The predicted octanol–water partition coefficient (Wildman–Crippen LogP) is 2.43. The average Bonchev–Trinajstić information content (AvgIpc) is 2.50. The highest BCUT2D eigenvalue weighted by atomic mass is 16.2. The van der Waals surface area contributed by atoms with Gasteiger partial charge < -0.3 is 0 Å². The minimum Gasteiger partial charge on any atom is -0.287 e. The Morgan fingerprint density at radius 3 is 2.15 bits per heavy atom. The van der Waals surface area contributed by atoms with Gasteiger partial charge in [-0.05, 0) is 24.1 Å². The van der Waals surface area contributed by atoms with Crippen LogP contribution in [-0.4, -0.2) is 5.91 Å². The van der Waals surface area contributed by atoms with E-state index in [1.807, 2.05) is 24.3 Å². The molecule has 0 bridgehead atoms. The lowest BCUT2D eigenvalue weighted by molar-refractivity contribution is -0.118. The topological polar surface area (TPSA) is 41.1 Å². The van der Waals surface area contributed by atoms with E-state index in [4.69, 9.17) is 0 Å². The van der Waals surface area contributed by atoms with Crippen molar-refractivity contribution < 1.29 is 4.79 Å². The highest BCUT2D eigenvalue weighted by Crippen LogP contribution is 2.32. The van der Waals surface area contributed by atoms with Gasteiger partial charge in [-0.3, -0.25) is 10.2 Å². The van der Waals surface area contributed by atoms with E-state index in [0.717, 1.165) is 11.1 Å². The molecule has 2 aromatic rings. The van der Waals surface area contributed by atoms with E-state index in [-0.39, 0.29) is 5.91 Å². The Kier molecular flexibility index (Phi) is 3.12. The first-order valence-electron chi connectivity index (χ1n) is 6.60. The summed E-state index contributed by atoms with van der Waals surface area (Å²) < 4.78 is 0. The summed E-state index contributed by atoms with van der Waals surface area (Å²) in [5, 5.41) is 0. The Hall–Kier alpha value is -2.39. The Bertz CT molecular complexity index is 646. The van der Waals surface area contributed by atoms with Crippen LogP contribution in [0.1, 0.15) is 16.7 Å². The van der Waals surface area contributed by atoms with Crippen molar-refractivity contribution in [1.29, 1.82) is 0 Å². The van der Waals surface area contributed by atoms with Gasteiger partial charge in [0.2, 0.25) is 0 Å². The zero-order valence-electron chi connectivity index (χ0n) is 11.3. The van der Waals surface area contributed by atoms with Gasteiger partial charge >= 0.3 is 0 Å². The number of hydrazine groups is 1. The molecule has 0 fully saturated rings. The van der Waals surface area contributed by atoms with Gasteiger partial charge in [0.25, 0.3) is 5.91 Å². The third-order valence-corrected chi connectivity index (χ3v) is 3.60. The van der Waals surface area contributed by atoms with Gasteiger partial charge in [-0.1, -0.05) is 60.2 Å². The molecule has 0 spiro atoms. The first-order valence-corrected chi connectivity index (χ1v) is 6.60. The van der Waals surface area contributed by atoms with Crippen molar-refractivity contribution in [2.24, 2.45) is 0 Å². The largest absolute Gasteiger partial charge is 0.287 e. The summed E-state index contributed by atoms with van der Waals surface area (Å²) in [4.78, 5) is 11.4. The smallest absolute Gasteiger partial charge is 0.257 e. The van der Waals surface area contributed by atoms with Gasteiger partial charge in [-0.2, -0.15) is 0 Å². The van der Waals surface area contributed by atoms with Crippen molar-refractivity contribution >= 4 is 5.91 Å². The lowest BCUT2D eigenvalue weighted by atomic mass is 9.82. The summed E-state index contributed by atoms with van der Waals surface area (Å²) in [7, 11) is 0. The van der Waals surface area contributed by atoms with Crippen LogP contribution in [0.25, 0.3) is 0 Å². The molecule has 100 valence electrons. The molecule has 2 N–H and O–H groups in total. The number of aryl methyl sites for hydroxylation is 1. The molecule has 0 aromatic heterocycles. The van der Waals surface area contributed by atoms with Gasteiger partial charge in [-0.15, -0.1) is 0 Å². The second-order valence-electron chi connectivity index (χ2n) is 4.99. The SMILES string of the molecule is Cc1ccc(C2(c3ccccc3)C=CC(=O)NN2)cc1. The summed E-state index contributed by atoms with van der Waals surface area (Å²) in [5.74, 6) is -0.135. The molecule has 0 aliphatic carbocycles. The predicted molar refractivity (Wildman–Crippen MR) is 78.8 cm³/mol. The molecule has 2 aromatic carbocycles. The molecule has 3 heteroatoms. The lowest BCUT2D eigenvalue weighted by Gasteiger charge is -2.35. The number of hydrogen-bond acceptors (Lipinski definition) is 2. The Morgan fingerprint density at radius 2 is 1.55 bits per heavy atom. The van der Waals surface area contributed by atoms with Crippen LogP contribution in [0.5, 0.6) is 0 Å². The van der Waals surface area contributed by atoms with E-state index >= 15 is 0 Å². The van der Waals surface area contributed by atoms with Crippen molar-refractivity contribution in [2.75, 3.05) is 0 Å². The van der Waals surface area contributed by atoms with Crippen LogP contribution in [0.2, 0.25) is 0 Å². The van der Waals surface area contributed by atoms with E-state index in [1.165, 1.54) is 5.56 Å². The standard InChI is InChI=1S/C17H16N2O/c1-13-7-9-15(10-8-13)17(12-11-16(20)18-19-17)14-5-3-2-4-6-14/h2-12,19H,1H3,(H,18,20). The number of hydrogen-bond donors (Lipinski definition) is 2. The second-order valence-corrected chi connectivity index (χ2v) is 4.99. The molecule has 1 aliphatic heterocycles. The normalized spacial score (nSPS) is 21.6. The zero-order chi connectivity index (χ0) is 14.0. The Balaban J connectivity index is 2.16. The lowest BCUT2D eigenvalue weighted by Crippen LogP contribution is -2.54. The van der Waals surface area contributed by atoms with E-state index in [2.05, 4.69) is 54.2 Å². The highest BCUT2D eigenvalue weighted by Gasteiger charge is 2.34. The summed E-state index contributed by atoms with van der Waals surface area (Å²) >= 11 is 0. The first kappa shape index (κ1) is 12.6. The Morgan fingerprint density at radius 1 is 0.900 bits per heavy atom. The first-order chi connectivity index (χ1) is 9.71. The van der Waals surface area contributed by atoms with Crippen LogP contribution in [0.15, 0.2) is 66.7 Å². The summed E-state index contributed by atoms with van der Waals surface area (Å²) in [6.07, 6.45) is 3.48. The van der Waals surface area contributed by atoms with Crippen molar-refractivity contribution in [3.8, 4) is 0 Å². The maximum absolute atomic E-state index is 11.4. The van der Waals surface area contributed by atoms with Crippen LogP contribution in [0.3, 0.4) is 0 Å². The van der Waals surface area contributed by atoms with Gasteiger partial charge in [-0.25, -0.2) is 5.43 Å². The molecule has 0 saturated carbocycles.